The Morgan fingerprint density at radius 3 is 2.76 bits per heavy atom. The summed E-state index contributed by atoms with van der Waals surface area (Å²) in [5.41, 5.74) is 0.490. The number of aryl methyl sites for hydroxylation is 1. The monoisotopic (exact) mass is 238 g/mol. The average Bonchev–Trinajstić information content (AvgIpc) is 2.97. The molecule has 96 valence electrons. The second kappa shape index (κ2) is 5.19. The zero-order valence-corrected chi connectivity index (χ0v) is 10.7. The van der Waals surface area contributed by atoms with Gasteiger partial charge in [0, 0.05) is 19.3 Å². The van der Waals surface area contributed by atoms with Crippen LogP contribution in [0.25, 0.3) is 0 Å². The van der Waals surface area contributed by atoms with E-state index in [1.54, 1.807) is 6.20 Å². The maximum absolute atomic E-state index is 10.6. The zero-order chi connectivity index (χ0) is 12.3. The first-order chi connectivity index (χ1) is 8.23. The molecule has 0 spiro atoms. The molecule has 4 heteroatoms. The van der Waals surface area contributed by atoms with Gasteiger partial charge in [-0.25, -0.2) is 0 Å². The molecule has 1 saturated carbocycles. The van der Waals surface area contributed by atoms with Crippen molar-refractivity contribution in [1.82, 2.24) is 9.78 Å². The molecule has 0 aliphatic heterocycles. The highest BCUT2D eigenvalue weighted by Gasteiger charge is 2.43. The maximum atomic E-state index is 10.6. The lowest BCUT2D eigenvalue weighted by Gasteiger charge is -2.34. The van der Waals surface area contributed by atoms with Gasteiger partial charge in [-0.2, -0.15) is 5.10 Å². The summed E-state index contributed by atoms with van der Waals surface area (Å²) >= 11 is 0. The summed E-state index contributed by atoms with van der Waals surface area (Å²) < 4.78 is 7.74. The van der Waals surface area contributed by atoms with Gasteiger partial charge >= 0.3 is 0 Å². The number of aliphatic hydroxyl groups is 1. The van der Waals surface area contributed by atoms with Crippen LogP contribution in [-0.2, 0) is 11.3 Å². The predicted octanol–water partition coefficient (Wildman–Crippen LogP) is 2.29. The summed E-state index contributed by atoms with van der Waals surface area (Å²) in [6.07, 6.45) is 5.34. The molecule has 1 fully saturated rings. The molecular weight excluding hydrogens is 216 g/mol. The van der Waals surface area contributed by atoms with Crippen molar-refractivity contribution < 1.29 is 9.84 Å². The number of rotatable bonds is 5. The maximum Gasteiger partial charge on any atom is 0.124 e. The fourth-order valence-corrected chi connectivity index (χ4v) is 2.87. The van der Waals surface area contributed by atoms with Gasteiger partial charge in [-0.1, -0.05) is 12.8 Å². The van der Waals surface area contributed by atoms with Crippen LogP contribution in [0.3, 0.4) is 0 Å². The first-order valence-corrected chi connectivity index (χ1v) is 6.57. The molecule has 0 amide bonds. The second-order valence-electron chi connectivity index (χ2n) is 4.68. The summed E-state index contributed by atoms with van der Waals surface area (Å²) in [6.45, 7) is 5.45. The Kier molecular flexibility index (Phi) is 3.84. The van der Waals surface area contributed by atoms with E-state index in [1.807, 2.05) is 24.6 Å². The quantitative estimate of drug-likeness (QED) is 0.856. The van der Waals surface area contributed by atoms with Gasteiger partial charge in [0.15, 0.2) is 0 Å². The van der Waals surface area contributed by atoms with Crippen LogP contribution in [0.4, 0.5) is 0 Å². The summed E-state index contributed by atoms with van der Waals surface area (Å²) in [5, 5.41) is 14.8. The Morgan fingerprint density at radius 2 is 2.18 bits per heavy atom. The van der Waals surface area contributed by atoms with Crippen LogP contribution in [-0.4, -0.2) is 27.1 Å². The minimum Gasteiger partial charge on any atom is -0.384 e. The largest absolute Gasteiger partial charge is 0.384 e. The fraction of sp³-hybridized carbons (Fsp3) is 0.769. The molecule has 1 unspecified atom stereocenters. The summed E-state index contributed by atoms with van der Waals surface area (Å²) in [5.74, 6) is 0. The number of hydrogen-bond donors (Lipinski definition) is 1. The molecule has 1 aliphatic carbocycles. The molecular formula is C13H22N2O2. The molecule has 17 heavy (non-hydrogen) atoms. The minimum atomic E-state index is -0.563. The lowest BCUT2D eigenvalue weighted by atomic mass is 9.92. The van der Waals surface area contributed by atoms with Crippen molar-refractivity contribution in [3.63, 3.8) is 0 Å². The van der Waals surface area contributed by atoms with Crippen molar-refractivity contribution in [1.29, 1.82) is 0 Å². The van der Waals surface area contributed by atoms with Crippen LogP contribution in [0.5, 0.6) is 0 Å². The fourth-order valence-electron chi connectivity index (χ4n) is 2.87. The first-order valence-electron chi connectivity index (χ1n) is 6.57. The van der Waals surface area contributed by atoms with E-state index >= 15 is 0 Å². The van der Waals surface area contributed by atoms with E-state index in [2.05, 4.69) is 5.10 Å². The van der Waals surface area contributed by atoms with E-state index in [0.717, 1.165) is 37.9 Å². The van der Waals surface area contributed by atoms with Gasteiger partial charge in [0.05, 0.1) is 11.3 Å². The number of nitrogens with zero attached hydrogens (tertiary/aromatic N) is 2. The van der Waals surface area contributed by atoms with Crippen LogP contribution in [0.15, 0.2) is 12.3 Å². The number of aromatic nitrogens is 2. The lowest BCUT2D eigenvalue weighted by molar-refractivity contribution is -0.121. The van der Waals surface area contributed by atoms with Gasteiger partial charge in [0.25, 0.3) is 0 Å². The molecule has 0 aromatic carbocycles. The standard InChI is InChI=1S/C13H22N2O2/c1-3-15-11(7-10-14-15)12(16)13(17-4-2)8-5-6-9-13/h7,10,12,16H,3-6,8-9H2,1-2H3. The normalized spacial score (nSPS) is 20.6. The van der Waals surface area contributed by atoms with E-state index < -0.39 is 6.10 Å². The molecule has 0 bridgehead atoms. The van der Waals surface area contributed by atoms with E-state index in [0.29, 0.717) is 6.61 Å². The molecule has 1 heterocycles. The Labute approximate surface area is 103 Å². The van der Waals surface area contributed by atoms with Crippen LogP contribution in [0, 0.1) is 0 Å². The Morgan fingerprint density at radius 1 is 1.47 bits per heavy atom. The van der Waals surface area contributed by atoms with E-state index in [1.165, 1.54) is 0 Å². The second-order valence-corrected chi connectivity index (χ2v) is 4.68. The highest BCUT2D eigenvalue weighted by molar-refractivity contribution is 5.12. The molecule has 1 N–H and O–H groups in total. The van der Waals surface area contributed by atoms with Crippen LogP contribution in [0.1, 0.15) is 51.3 Å². The third kappa shape index (κ3) is 2.24. The highest BCUT2D eigenvalue weighted by Crippen LogP contribution is 2.42. The molecule has 2 rings (SSSR count). The third-order valence-electron chi connectivity index (χ3n) is 3.71. The summed E-state index contributed by atoms with van der Waals surface area (Å²) in [6, 6.07) is 1.90. The van der Waals surface area contributed by atoms with E-state index in [9.17, 15) is 5.11 Å². The van der Waals surface area contributed by atoms with E-state index in [4.69, 9.17) is 4.74 Å². The number of hydrogen-bond acceptors (Lipinski definition) is 3. The molecule has 1 aromatic heterocycles. The molecule has 1 aliphatic rings. The van der Waals surface area contributed by atoms with Crippen molar-refractivity contribution in [3.8, 4) is 0 Å². The van der Waals surface area contributed by atoms with Crippen molar-refractivity contribution in [2.75, 3.05) is 6.61 Å². The van der Waals surface area contributed by atoms with Crippen molar-refractivity contribution in [2.24, 2.45) is 0 Å². The van der Waals surface area contributed by atoms with Crippen molar-refractivity contribution in [2.45, 2.75) is 57.8 Å². The Bertz CT molecular complexity index is 356. The van der Waals surface area contributed by atoms with Crippen LogP contribution in [0.2, 0.25) is 0 Å². The highest BCUT2D eigenvalue weighted by atomic mass is 16.5. The topological polar surface area (TPSA) is 47.3 Å². The summed E-state index contributed by atoms with van der Waals surface area (Å²) in [4.78, 5) is 0. The smallest absolute Gasteiger partial charge is 0.124 e. The zero-order valence-electron chi connectivity index (χ0n) is 10.7. The summed E-state index contributed by atoms with van der Waals surface area (Å²) in [7, 11) is 0. The average molecular weight is 238 g/mol. The van der Waals surface area contributed by atoms with Gasteiger partial charge < -0.3 is 9.84 Å². The number of ether oxygens (including phenoxy) is 1. The Hall–Kier alpha value is -0.870. The first kappa shape index (κ1) is 12.6. The molecule has 1 aromatic rings. The van der Waals surface area contributed by atoms with Crippen LogP contribution < -0.4 is 0 Å². The van der Waals surface area contributed by atoms with Crippen molar-refractivity contribution >= 4 is 0 Å². The SMILES string of the molecule is CCOC1(C(O)c2ccnn2CC)CCCC1. The van der Waals surface area contributed by atoms with Gasteiger partial charge in [0.1, 0.15) is 6.10 Å². The molecule has 4 nitrogen and oxygen atoms in total. The third-order valence-corrected chi connectivity index (χ3v) is 3.71. The molecule has 0 saturated heterocycles. The van der Waals surface area contributed by atoms with Gasteiger partial charge in [-0.3, -0.25) is 4.68 Å². The number of aliphatic hydroxyl groups excluding tert-OH is 1. The van der Waals surface area contributed by atoms with Gasteiger partial charge in [-0.15, -0.1) is 0 Å². The lowest BCUT2D eigenvalue weighted by Crippen LogP contribution is -2.37. The molecule has 1 atom stereocenters. The van der Waals surface area contributed by atoms with Crippen molar-refractivity contribution in [3.05, 3.63) is 18.0 Å². The van der Waals surface area contributed by atoms with Crippen LogP contribution >= 0.6 is 0 Å². The van der Waals surface area contributed by atoms with E-state index in [-0.39, 0.29) is 5.60 Å². The predicted molar refractivity (Wildman–Crippen MR) is 65.7 cm³/mol. The van der Waals surface area contributed by atoms with Gasteiger partial charge in [0.2, 0.25) is 0 Å². The minimum absolute atomic E-state index is 0.387. The molecule has 0 radical (unpaired) electrons. The Balaban J connectivity index is 2.24. The van der Waals surface area contributed by atoms with Gasteiger partial charge in [-0.05, 0) is 32.8 Å².